The summed E-state index contributed by atoms with van der Waals surface area (Å²) < 4.78 is 5.50. The molecule has 3 N–H and O–H groups in total. The van der Waals surface area contributed by atoms with Crippen LogP contribution >= 0.6 is 0 Å². The summed E-state index contributed by atoms with van der Waals surface area (Å²) in [7, 11) is 0. The number of hydrogen-bond acceptors (Lipinski definition) is 5. The Bertz CT molecular complexity index is 1100. The van der Waals surface area contributed by atoms with Crippen LogP contribution in [0.1, 0.15) is 380 Å². The molecule has 0 aliphatic rings. The second-order valence-electron chi connectivity index (χ2n) is 23.2. The van der Waals surface area contributed by atoms with Gasteiger partial charge < -0.3 is 20.3 Å². The van der Waals surface area contributed by atoms with Crippen LogP contribution in [-0.2, 0) is 14.3 Å². The van der Waals surface area contributed by atoms with Crippen molar-refractivity contribution < 1.29 is 24.5 Å². The maximum absolute atomic E-state index is 12.5. The second-order valence-corrected chi connectivity index (χ2v) is 23.2. The molecular weight excluding hydrogens is 899 g/mol. The van der Waals surface area contributed by atoms with E-state index in [2.05, 4.69) is 31.3 Å². The van der Waals surface area contributed by atoms with Crippen LogP contribution in [0, 0.1) is 0 Å². The molecule has 0 aliphatic carbocycles. The van der Waals surface area contributed by atoms with Crippen molar-refractivity contribution in [3.8, 4) is 0 Å². The fourth-order valence-corrected chi connectivity index (χ4v) is 10.7. The van der Waals surface area contributed by atoms with Gasteiger partial charge in [0.2, 0.25) is 5.91 Å². The molecule has 0 fully saturated rings. The molecule has 0 spiro atoms. The molecule has 0 aromatic heterocycles. The molecule has 0 rings (SSSR count). The van der Waals surface area contributed by atoms with Gasteiger partial charge in [-0.1, -0.05) is 328 Å². The Morgan fingerprint density at radius 2 is 0.644 bits per heavy atom. The number of hydrogen-bond donors (Lipinski definition) is 3. The van der Waals surface area contributed by atoms with E-state index < -0.39 is 12.1 Å². The fraction of sp³-hybridized carbons (Fsp3) is 0.940. The van der Waals surface area contributed by atoms with Crippen LogP contribution in [0.3, 0.4) is 0 Å². The summed E-state index contributed by atoms with van der Waals surface area (Å²) in [5.74, 6) is -0.0219. The van der Waals surface area contributed by atoms with Gasteiger partial charge in [-0.25, -0.2) is 0 Å². The van der Waals surface area contributed by atoms with Crippen molar-refractivity contribution in [2.45, 2.75) is 392 Å². The van der Waals surface area contributed by atoms with Crippen LogP contribution in [0.4, 0.5) is 0 Å². The molecule has 0 heterocycles. The van der Waals surface area contributed by atoms with Gasteiger partial charge in [-0.3, -0.25) is 9.59 Å². The van der Waals surface area contributed by atoms with E-state index in [9.17, 15) is 19.8 Å². The molecule has 0 aromatic carbocycles. The number of carbonyl (C=O) groups excluding carboxylic acids is 2. The lowest BCUT2D eigenvalue weighted by Gasteiger charge is -2.22. The quantitative estimate of drug-likeness (QED) is 0.0320. The highest BCUT2D eigenvalue weighted by atomic mass is 16.5. The lowest BCUT2D eigenvalue weighted by atomic mass is 10.0. The first-order valence-corrected chi connectivity index (χ1v) is 33.4. The minimum absolute atomic E-state index is 0.0113. The van der Waals surface area contributed by atoms with E-state index in [4.69, 9.17) is 4.74 Å². The topological polar surface area (TPSA) is 95.9 Å². The molecule has 1 amide bonds. The van der Waals surface area contributed by atoms with Crippen molar-refractivity contribution in [2.24, 2.45) is 0 Å². The zero-order chi connectivity index (χ0) is 52.9. The third-order valence-electron chi connectivity index (χ3n) is 15.8. The number of ether oxygens (including phenoxy) is 1. The van der Waals surface area contributed by atoms with E-state index in [1.807, 2.05) is 0 Å². The van der Waals surface area contributed by atoms with Crippen LogP contribution < -0.4 is 5.32 Å². The van der Waals surface area contributed by atoms with Gasteiger partial charge in [-0.2, -0.15) is 0 Å². The number of rotatable bonds is 63. The van der Waals surface area contributed by atoms with E-state index in [1.54, 1.807) is 0 Å². The highest BCUT2D eigenvalue weighted by molar-refractivity contribution is 5.76. The Labute approximate surface area is 457 Å². The number of nitrogens with one attached hydrogen (secondary N) is 1. The smallest absolute Gasteiger partial charge is 0.305 e. The summed E-state index contributed by atoms with van der Waals surface area (Å²) >= 11 is 0. The highest BCUT2D eigenvalue weighted by Gasteiger charge is 2.20. The number of allylic oxidation sites excluding steroid dienone is 2. The third kappa shape index (κ3) is 59.7. The Morgan fingerprint density at radius 1 is 0.370 bits per heavy atom. The third-order valence-corrected chi connectivity index (χ3v) is 15.8. The zero-order valence-electron chi connectivity index (χ0n) is 49.6. The summed E-state index contributed by atoms with van der Waals surface area (Å²) in [6, 6.07) is -0.543. The Hall–Kier alpha value is -1.40. The molecule has 2 atom stereocenters. The monoisotopic (exact) mass is 1030 g/mol. The molecule has 73 heavy (non-hydrogen) atoms. The standard InChI is InChI=1S/C67H131NO5/c1-3-5-7-9-11-13-15-17-19-21-24-29-33-37-41-45-49-53-57-61-67(72)73-62-58-54-50-46-42-38-34-30-26-23-22-25-28-32-36-40-44-48-52-56-60-66(71)68-64(63-69)65(70)59-55-51-47-43-39-35-31-27-20-18-16-14-12-10-8-6-4-2/h17,19,64-65,69-70H,3-16,18,20-63H2,1-2H3,(H,68,71)/b19-17-. The second kappa shape index (κ2) is 63.1. The van der Waals surface area contributed by atoms with Gasteiger partial charge in [0.1, 0.15) is 0 Å². The van der Waals surface area contributed by atoms with Crippen LogP contribution in [0.5, 0.6) is 0 Å². The maximum Gasteiger partial charge on any atom is 0.305 e. The van der Waals surface area contributed by atoms with Crippen LogP contribution in [0.15, 0.2) is 12.2 Å². The van der Waals surface area contributed by atoms with Gasteiger partial charge in [0.15, 0.2) is 0 Å². The Morgan fingerprint density at radius 3 is 0.973 bits per heavy atom. The molecule has 434 valence electrons. The van der Waals surface area contributed by atoms with Crippen LogP contribution in [0.25, 0.3) is 0 Å². The molecule has 6 nitrogen and oxygen atoms in total. The summed E-state index contributed by atoms with van der Waals surface area (Å²) in [6.45, 7) is 4.98. The van der Waals surface area contributed by atoms with E-state index in [1.165, 1.54) is 302 Å². The lowest BCUT2D eigenvalue weighted by Crippen LogP contribution is -2.45. The first kappa shape index (κ1) is 71.6. The lowest BCUT2D eigenvalue weighted by molar-refractivity contribution is -0.143. The molecule has 0 bridgehead atoms. The minimum atomic E-state index is -0.665. The van der Waals surface area contributed by atoms with Gasteiger partial charge in [0.25, 0.3) is 0 Å². The van der Waals surface area contributed by atoms with Gasteiger partial charge in [-0.15, -0.1) is 0 Å². The SMILES string of the molecule is CCCCCCCC/C=C\CCCCCCCCCCCC(=O)OCCCCCCCCCCCCCCCCCCCCCCC(=O)NC(CO)C(O)CCCCCCCCCCCCCCCCCCC. The number of carbonyl (C=O) groups is 2. The Kier molecular flexibility index (Phi) is 61.9. The van der Waals surface area contributed by atoms with Gasteiger partial charge >= 0.3 is 5.97 Å². The number of amides is 1. The summed E-state index contributed by atoms with van der Waals surface area (Å²) in [4.78, 5) is 24.6. The van der Waals surface area contributed by atoms with Gasteiger partial charge in [-0.05, 0) is 51.4 Å². The zero-order valence-corrected chi connectivity index (χ0v) is 49.6. The van der Waals surface area contributed by atoms with E-state index in [0.29, 0.717) is 25.9 Å². The summed E-state index contributed by atoms with van der Waals surface area (Å²) in [5, 5.41) is 23.3. The first-order chi connectivity index (χ1) is 36.0. The van der Waals surface area contributed by atoms with Crippen LogP contribution in [-0.4, -0.2) is 47.4 Å². The van der Waals surface area contributed by atoms with Crippen molar-refractivity contribution >= 4 is 11.9 Å². The minimum Gasteiger partial charge on any atom is -0.466 e. The largest absolute Gasteiger partial charge is 0.466 e. The maximum atomic E-state index is 12.5. The molecule has 0 saturated heterocycles. The first-order valence-electron chi connectivity index (χ1n) is 33.4. The number of unbranched alkanes of at least 4 members (excludes halogenated alkanes) is 50. The van der Waals surface area contributed by atoms with Gasteiger partial charge in [0.05, 0.1) is 25.4 Å². The van der Waals surface area contributed by atoms with Crippen molar-refractivity contribution in [1.29, 1.82) is 0 Å². The average molecular weight is 1030 g/mol. The fourth-order valence-electron chi connectivity index (χ4n) is 10.7. The van der Waals surface area contributed by atoms with E-state index in [0.717, 1.165) is 44.9 Å². The predicted octanol–water partition coefficient (Wildman–Crippen LogP) is 21.2. The summed E-state index contributed by atoms with van der Waals surface area (Å²) in [6.07, 6.45) is 76.6. The molecule has 0 aliphatic heterocycles. The summed E-state index contributed by atoms with van der Waals surface area (Å²) in [5.41, 5.74) is 0. The van der Waals surface area contributed by atoms with E-state index >= 15 is 0 Å². The normalized spacial score (nSPS) is 12.5. The van der Waals surface area contributed by atoms with Crippen molar-refractivity contribution in [1.82, 2.24) is 5.32 Å². The van der Waals surface area contributed by atoms with Gasteiger partial charge in [0, 0.05) is 12.8 Å². The van der Waals surface area contributed by atoms with Crippen molar-refractivity contribution in [3.05, 3.63) is 12.2 Å². The number of aliphatic hydroxyl groups is 2. The Balaban J connectivity index is 3.37. The molecule has 0 aromatic rings. The average Bonchev–Trinajstić information content (AvgIpc) is 3.39. The molecule has 0 radical (unpaired) electrons. The van der Waals surface area contributed by atoms with Crippen LogP contribution in [0.2, 0.25) is 0 Å². The number of aliphatic hydroxyl groups excluding tert-OH is 2. The molecule has 2 unspecified atom stereocenters. The highest BCUT2D eigenvalue weighted by Crippen LogP contribution is 2.19. The van der Waals surface area contributed by atoms with E-state index in [-0.39, 0.29) is 18.5 Å². The molecule has 6 heteroatoms. The van der Waals surface area contributed by atoms with Crippen molar-refractivity contribution in [2.75, 3.05) is 13.2 Å². The van der Waals surface area contributed by atoms with Crippen molar-refractivity contribution in [3.63, 3.8) is 0 Å². The predicted molar refractivity (Wildman–Crippen MR) is 320 cm³/mol. The number of esters is 1. The molecule has 0 saturated carbocycles. The molecular formula is C67H131NO5.